The Labute approximate surface area is 134 Å². The fraction of sp³-hybridized carbons (Fsp3) is 0.167. The molecule has 0 aliphatic rings. The Morgan fingerprint density at radius 1 is 1.13 bits per heavy atom. The number of rotatable bonds is 3. The Kier molecular flexibility index (Phi) is 3.82. The van der Waals surface area contributed by atoms with Crippen molar-refractivity contribution in [1.82, 2.24) is 9.97 Å². The molecule has 5 nitrogen and oxygen atoms in total. The Morgan fingerprint density at radius 3 is 2.65 bits per heavy atom. The lowest BCUT2D eigenvalue weighted by atomic mass is 10.1. The molecule has 0 radical (unpaired) electrons. The molecule has 3 aromatic rings. The lowest BCUT2D eigenvalue weighted by molar-refractivity contribution is 0.397. The second-order valence-corrected chi connectivity index (χ2v) is 5.30. The average Bonchev–Trinajstić information content (AvgIpc) is 2.57. The first-order chi connectivity index (χ1) is 11.1. The minimum atomic E-state index is 0.386. The fourth-order valence-electron chi connectivity index (χ4n) is 2.35. The molecule has 0 bridgehead atoms. The third-order valence-electron chi connectivity index (χ3n) is 3.80. The molecule has 23 heavy (non-hydrogen) atoms. The standard InChI is InChI=1S/C18H16N4O/c1-11-4-5-13(8-12(11)2)21-15-6-7-16-18(14(15)9-19)22-17(23-3)10-20-16/h4-8,10,21H,1-3H3. The molecule has 0 fully saturated rings. The molecule has 0 aliphatic carbocycles. The van der Waals surface area contributed by atoms with Crippen LogP contribution in [0.3, 0.4) is 0 Å². The van der Waals surface area contributed by atoms with E-state index in [4.69, 9.17) is 4.74 Å². The summed E-state index contributed by atoms with van der Waals surface area (Å²) in [6, 6.07) is 12.0. The van der Waals surface area contributed by atoms with Crippen LogP contribution in [-0.4, -0.2) is 17.1 Å². The molecule has 2 aromatic carbocycles. The van der Waals surface area contributed by atoms with Gasteiger partial charge in [0.2, 0.25) is 5.88 Å². The lowest BCUT2D eigenvalue weighted by Crippen LogP contribution is -1.98. The van der Waals surface area contributed by atoms with Crippen molar-refractivity contribution in [3.05, 3.63) is 53.2 Å². The first-order valence-corrected chi connectivity index (χ1v) is 7.20. The van der Waals surface area contributed by atoms with Crippen molar-refractivity contribution in [2.24, 2.45) is 0 Å². The maximum atomic E-state index is 9.56. The summed E-state index contributed by atoms with van der Waals surface area (Å²) < 4.78 is 5.11. The van der Waals surface area contributed by atoms with Crippen molar-refractivity contribution in [3.8, 4) is 11.9 Å². The number of benzene rings is 2. The van der Waals surface area contributed by atoms with Gasteiger partial charge in [0.05, 0.1) is 24.5 Å². The molecule has 0 saturated carbocycles. The average molecular weight is 304 g/mol. The maximum absolute atomic E-state index is 9.56. The van der Waals surface area contributed by atoms with E-state index in [0.717, 1.165) is 5.69 Å². The van der Waals surface area contributed by atoms with Gasteiger partial charge < -0.3 is 10.1 Å². The van der Waals surface area contributed by atoms with Crippen LogP contribution in [0, 0.1) is 25.2 Å². The third-order valence-corrected chi connectivity index (χ3v) is 3.80. The van der Waals surface area contributed by atoms with Crippen LogP contribution in [0.1, 0.15) is 16.7 Å². The molecule has 5 heteroatoms. The molecule has 0 atom stereocenters. The van der Waals surface area contributed by atoms with E-state index in [2.05, 4.69) is 41.3 Å². The van der Waals surface area contributed by atoms with Crippen LogP contribution < -0.4 is 10.1 Å². The van der Waals surface area contributed by atoms with E-state index in [0.29, 0.717) is 28.2 Å². The molecule has 1 heterocycles. The third kappa shape index (κ3) is 2.79. The van der Waals surface area contributed by atoms with Crippen LogP contribution in [0.2, 0.25) is 0 Å². The molecular weight excluding hydrogens is 288 g/mol. The van der Waals surface area contributed by atoms with Crippen LogP contribution >= 0.6 is 0 Å². The molecule has 0 spiro atoms. The van der Waals surface area contributed by atoms with Crippen molar-refractivity contribution in [2.75, 3.05) is 12.4 Å². The Balaban J connectivity index is 2.10. The molecule has 114 valence electrons. The number of aromatic nitrogens is 2. The fourth-order valence-corrected chi connectivity index (χ4v) is 2.35. The molecule has 0 amide bonds. The summed E-state index contributed by atoms with van der Waals surface area (Å²) in [7, 11) is 1.53. The lowest BCUT2D eigenvalue weighted by Gasteiger charge is -2.11. The number of anilines is 2. The summed E-state index contributed by atoms with van der Waals surface area (Å²) in [5.74, 6) is 0.386. The van der Waals surface area contributed by atoms with Gasteiger partial charge in [0.25, 0.3) is 0 Å². The van der Waals surface area contributed by atoms with Gasteiger partial charge in [-0.25, -0.2) is 9.97 Å². The van der Waals surface area contributed by atoms with Gasteiger partial charge >= 0.3 is 0 Å². The number of aryl methyl sites for hydroxylation is 2. The number of hydrogen-bond donors (Lipinski definition) is 1. The van der Waals surface area contributed by atoms with Gasteiger partial charge in [-0.3, -0.25) is 0 Å². The van der Waals surface area contributed by atoms with Gasteiger partial charge in [-0.1, -0.05) is 6.07 Å². The van der Waals surface area contributed by atoms with E-state index >= 15 is 0 Å². The van der Waals surface area contributed by atoms with Crippen LogP contribution in [0.15, 0.2) is 36.5 Å². The van der Waals surface area contributed by atoms with E-state index in [1.165, 1.54) is 18.2 Å². The zero-order valence-electron chi connectivity index (χ0n) is 13.2. The minimum absolute atomic E-state index is 0.386. The quantitative estimate of drug-likeness (QED) is 0.795. The Bertz CT molecular complexity index is 928. The summed E-state index contributed by atoms with van der Waals surface area (Å²) in [6.45, 7) is 4.13. The van der Waals surface area contributed by atoms with E-state index in [1.807, 2.05) is 24.3 Å². The Morgan fingerprint density at radius 2 is 1.96 bits per heavy atom. The molecule has 0 saturated heterocycles. The van der Waals surface area contributed by atoms with E-state index in [1.54, 1.807) is 6.20 Å². The van der Waals surface area contributed by atoms with Crippen molar-refractivity contribution >= 4 is 22.4 Å². The maximum Gasteiger partial charge on any atom is 0.232 e. The number of fused-ring (bicyclic) bond motifs is 1. The van der Waals surface area contributed by atoms with Crippen molar-refractivity contribution in [3.63, 3.8) is 0 Å². The van der Waals surface area contributed by atoms with Crippen LogP contribution in [0.25, 0.3) is 11.0 Å². The van der Waals surface area contributed by atoms with Crippen LogP contribution in [-0.2, 0) is 0 Å². The monoisotopic (exact) mass is 304 g/mol. The van der Waals surface area contributed by atoms with Gasteiger partial charge in [0.15, 0.2) is 0 Å². The smallest absolute Gasteiger partial charge is 0.232 e. The summed E-state index contributed by atoms with van der Waals surface area (Å²) in [5, 5.41) is 12.8. The second kappa shape index (κ2) is 5.93. The van der Waals surface area contributed by atoms with Gasteiger partial charge in [-0.05, 0) is 49.2 Å². The van der Waals surface area contributed by atoms with Gasteiger partial charge in [0.1, 0.15) is 17.1 Å². The molecule has 1 aromatic heterocycles. The van der Waals surface area contributed by atoms with Crippen molar-refractivity contribution < 1.29 is 4.74 Å². The number of methoxy groups -OCH3 is 1. The number of nitrogens with one attached hydrogen (secondary N) is 1. The highest BCUT2D eigenvalue weighted by molar-refractivity contribution is 5.88. The van der Waals surface area contributed by atoms with Crippen LogP contribution in [0.4, 0.5) is 11.4 Å². The highest BCUT2D eigenvalue weighted by atomic mass is 16.5. The first-order valence-electron chi connectivity index (χ1n) is 7.20. The van der Waals surface area contributed by atoms with Gasteiger partial charge in [-0.15, -0.1) is 0 Å². The van der Waals surface area contributed by atoms with E-state index < -0.39 is 0 Å². The number of hydrogen-bond acceptors (Lipinski definition) is 5. The van der Waals surface area contributed by atoms with E-state index in [9.17, 15) is 5.26 Å². The molecule has 1 N–H and O–H groups in total. The Hall–Kier alpha value is -3.13. The zero-order valence-corrected chi connectivity index (χ0v) is 13.2. The van der Waals surface area contributed by atoms with E-state index in [-0.39, 0.29) is 0 Å². The SMILES string of the molecule is COc1cnc2ccc(Nc3ccc(C)c(C)c3)c(C#N)c2n1. The molecule has 3 rings (SSSR count). The largest absolute Gasteiger partial charge is 0.480 e. The van der Waals surface area contributed by atoms with Gasteiger partial charge in [-0.2, -0.15) is 5.26 Å². The number of nitrogens with zero attached hydrogens (tertiary/aromatic N) is 3. The molecular formula is C18H16N4O. The second-order valence-electron chi connectivity index (χ2n) is 5.30. The minimum Gasteiger partial charge on any atom is -0.480 e. The first kappa shape index (κ1) is 14.8. The van der Waals surface area contributed by atoms with Crippen LogP contribution in [0.5, 0.6) is 5.88 Å². The summed E-state index contributed by atoms with van der Waals surface area (Å²) in [6.07, 6.45) is 1.54. The molecule has 0 aliphatic heterocycles. The highest BCUT2D eigenvalue weighted by Crippen LogP contribution is 2.28. The summed E-state index contributed by atoms with van der Waals surface area (Å²) >= 11 is 0. The predicted molar refractivity (Wildman–Crippen MR) is 90.0 cm³/mol. The highest BCUT2D eigenvalue weighted by Gasteiger charge is 2.11. The predicted octanol–water partition coefficient (Wildman–Crippen LogP) is 3.87. The normalized spacial score (nSPS) is 10.3. The number of ether oxygens (including phenoxy) is 1. The zero-order chi connectivity index (χ0) is 16.4. The topological polar surface area (TPSA) is 70.8 Å². The summed E-state index contributed by atoms with van der Waals surface area (Å²) in [5.41, 5.74) is 5.69. The summed E-state index contributed by atoms with van der Waals surface area (Å²) in [4.78, 5) is 8.62. The van der Waals surface area contributed by atoms with Crippen molar-refractivity contribution in [2.45, 2.75) is 13.8 Å². The van der Waals surface area contributed by atoms with Crippen molar-refractivity contribution in [1.29, 1.82) is 5.26 Å². The van der Waals surface area contributed by atoms with Gasteiger partial charge in [0, 0.05) is 5.69 Å². The number of nitriles is 1. The molecule has 0 unspecified atom stereocenters.